The lowest BCUT2D eigenvalue weighted by molar-refractivity contribution is 0.0279. The summed E-state index contributed by atoms with van der Waals surface area (Å²) in [5.41, 5.74) is 2.13. The van der Waals surface area contributed by atoms with Gasteiger partial charge in [-0.05, 0) is 25.0 Å². The zero-order valence-corrected chi connectivity index (χ0v) is 10.5. The van der Waals surface area contributed by atoms with Gasteiger partial charge in [0.25, 0.3) is 0 Å². The van der Waals surface area contributed by atoms with Gasteiger partial charge >= 0.3 is 0 Å². The van der Waals surface area contributed by atoms with Gasteiger partial charge < -0.3 is 15.0 Å². The molecule has 0 spiro atoms. The number of halogens is 1. The molecular weight excluding hydrogens is 231 g/mol. The Morgan fingerprint density at radius 1 is 1.28 bits per heavy atom. The topological polar surface area (TPSA) is 24.5 Å². The molecule has 98 valence electrons. The van der Waals surface area contributed by atoms with E-state index in [1.807, 2.05) is 6.07 Å². The molecule has 3 rings (SSSR count). The molecule has 2 heterocycles. The van der Waals surface area contributed by atoms with Crippen LogP contribution in [0.15, 0.2) is 18.2 Å². The number of hydrogen-bond donors (Lipinski definition) is 1. The van der Waals surface area contributed by atoms with E-state index in [1.54, 1.807) is 6.07 Å². The number of morpholine rings is 1. The van der Waals surface area contributed by atoms with E-state index in [1.165, 1.54) is 18.9 Å². The van der Waals surface area contributed by atoms with Gasteiger partial charge in [-0.2, -0.15) is 0 Å². The van der Waals surface area contributed by atoms with Gasteiger partial charge in [-0.25, -0.2) is 4.39 Å². The Bertz CT molecular complexity index is 412. The predicted octanol–water partition coefficient (Wildman–Crippen LogP) is 2.09. The summed E-state index contributed by atoms with van der Waals surface area (Å²) in [6.45, 7) is 4.48. The molecule has 2 aliphatic rings. The Morgan fingerprint density at radius 2 is 2.11 bits per heavy atom. The maximum atomic E-state index is 13.5. The Labute approximate surface area is 107 Å². The second kappa shape index (κ2) is 5.24. The van der Waals surface area contributed by atoms with Crippen molar-refractivity contribution in [3.63, 3.8) is 0 Å². The molecule has 2 fully saturated rings. The summed E-state index contributed by atoms with van der Waals surface area (Å²) >= 11 is 0. The van der Waals surface area contributed by atoms with Crippen LogP contribution in [0.2, 0.25) is 0 Å². The minimum atomic E-state index is -0.163. The molecule has 0 aliphatic carbocycles. The fraction of sp³-hybridized carbons (Fsp3) is 0.571. The van der Waals surface area contributed by atoms with Gasteiger partial charge in [-0.3, -0.25) is 0 Å². The van der Waals surface area contributed by atoms with Crippen LogP contribution in [0.4, 0.5) is 10.1 Å². The molecular formula is C14H19FN2O. The summed E-state index contributed by atoms with van der Waals surface area (Å²) in [5.74, 6) is -0.163. The van der Waals surface area contributed by atoms with Gasteiger partial charge in [0.1, 0.15) is 5.82 Å². The van der Waals surface area contributed by atoms with Gasteiger partial charge in [0.05, 0.1) is 12.7 Å². The number of anilines is 1. The molecule has 0 bridgehead atoms. The molecule has 3 nitrogen and oxygen atoms in total. The molecule has 0 saturated carbocycles. The van der Waals surface area contributed by atoms with Crippen LogP contribution in [0.1, 0.15) is 24.5 Å². The fourth-order valence-corrected chi connectivity index (χ4v) is 2.79. The van der Waals surface area contributed by atoms with E-state index < -0.39 is 0 Å². The lowest BCUT2D eigenvalue weighted by atomic mass is 10.0. The van der Waals surface area contributed by atoms with Crippen LogP contribution in [0.3, 0.4) is 0 Å². The minimum absolute atomic E-state index is 0.0509. The summed E-state index contributed by atoms with van der Waals surface area (Å²) in [7, 11) is 0. The monoisotopic (exact) mass is 250 g/mol. The molecule has 1 aromatic carbocycles. The number of hydrogen-bond acceptors (Lipinski definition) is 3. The second-order valence-corrected chi connectivity index (χ2v) is 4.96. The fourth-order valence-electron chi connectivity index (χ4n) is 2.79. The van der Waals surface area contributed by atoms with E-state index in [0.29, 0.717) is 0 Å². The highest BCUT2D eigenvalue weighted by Crippen LogP contribution is 2.32. The lowest BCUT2D eigenvalue weighted by Gasteiger charge is -2.29. The van der Waals surface area contributed by atoms with Crippen LogP contribution >= 0.6 is 0 Å². The Kier molecular flexibility index (Phi) is 3.48. The number of rotatable bonds is 2. The highest BCUT2D eigenvalue weighted by Gasteiger charge is 2.23. The second-order valence-electron chi connectivity index (χ2n) is 4.96. The van der Waals surface area contributed by atoms with Crippen LogP contribution in [-0.2, 0) is 4.74 Å². The van der Waals surface area contributed by atoms with Crippen LogP contribution < -0.4 is 10.2 Å². The van der Waals surface area contributed by atoms with Crippen molar-refractivity contribution >= 4 is 5.69 Å². The lowest BCUT2D eigenvalue weighted by Crippen LogP contribution is -2.34. The van der Waals surface area contributed by atoms with E-state index in [9.17, 15) is 4.39 Å². The summed E-state index contributed by atoms with van der Waals surface area (Å²) < 4.78 is 19.3. The highest BCUT2D eigenvalue weighted by molar-refractivity contribution is 5.55. The third-order valence-electron chi connectivity index (χ3n) is 3.71. The normalized spacial score (nSPS) is 24.5. The van der Waals surface area contributed by atoms with E-state index in [4.69, 9.17) is 4.74 Å². The average molecular weight is 250 g/mol. The van der Waals surface area contributed by atoms with E-state index >= 15 is 0 Å². The van der Waals surface area contributed by atoms with Gasteiger partial charge in [0, 0.05) is 37.4 Å². The molecule has 4 heteroatoms. The largest absolute Gasteiger partial charge is 0.371 e. The molecule has 0 radical (unpaired) electrons. The first-order valence-electron chi connectivity index (χ1n) is 6.71. The first-order valence-corrected chi connectivity index (χ1v) is 6.71. The Morgan fingerprint density at radius 3 is 2.83 bits per heavy atom. The molecule has 2 saturated heterocycles. The minimum Gasteiger partial charge on any atom is -0.371 e. The maximum absolute atomic E-state index is 13.5. The van der Waals surface area contributed by atoms with Gasteiger partial charge in [-0.1, -0.05) is 6.07 Å². The summed E-state index contributed by atoms with van der Waals surface area (Å²) in [6.07, 6.45) is 2.44. The number of ether oxygens (including phenoxy) is 1. The van der Waals surface area contributed by atoms with Gasteiger partial charge in [0.2, 0.25) is 0 Å². The van der Waals surface area contributed by atoms with Crippen molar-refractivity contribution in [3.8, 4) is 0 Å². The summed E-state index contributed by atoms with van der Waals surface area (Å²) in [4.78, 5) is 2.27. The average Bonchev–Trinajstić information content (AvgIpc) is 2.93. The van der Waals surface area contributed by atoms with Crippen molar-refractivity contribution in [2.45, 2.75) is 18.9 Å². The van der Waals surface area contributed by atoms with Crippen LogP contribution in [0.5, 0.6) is 0 Å². The zero-order chi connectivity index (χ0) is 12.4. The quantitative estimate of drug-likeness (QED) is 0.870. The summed E-state index contributed by atoms with van der Waals surface area (Å²) in [5, 5.41) is 3.33. The molecule has 1 N–H and O–H groups in total. The number of nitrogens with one attached hydrogen (secondary N) is 1. The molecule has 18 heavy (non-hydrogen) atoms. The molecule has 1 aromatic rings. The van der Waals surface area contributed by atoms with E-state index in [-0.39, 0.29) is 11.9 Å². The third kappa shape index (κ3) is 2.35. The van der Waals surface area contributed by atoms with Crippen molar-refractivity contribution in [1.29, 1.82) is 0 Å². The molecule has 0 amide bonds. The van der Waals surface area contributed by atoms with Gasteiger partial charge in [-0.15, -0.1) is 0 Å². The number of benzene rings is 1. The van der Waals surface area contributed by atoms with E-state index in [2.05, 4.69) is 10.2 Å². The third-order valence-corrected chi connectivity index (χ3v) is 3.71. The first kappa shape index (κ1) is 11.9. The highest BCUT2D eigenvalue weighted by atomic mass is 19.1. The van der Waals surface area contributed by atoms with Crippen LogP contribution in [0, 0.1) is 5.82 Å². The molecule has 2 aliphatic heterocycles. The van der Waals surface area contributed by atoms with Crippen molar-refractivity contribution in [2.24, 2.45) is 0 Å². The Balaban J connectivity index is 1.91. The Hall–Kier alpha value is -1.13. The molecule has 0 aromatic heterocycles. The van der Waals surface area contributed by atoms with Crippen molar-refractivity contribution < 1.29 is 9.13 Å². The smallest absolute Gasteiger partial charge is 0.125 e. The standard InChI is InChI=1S/C14H19FN2O/c15-11-3-4-12(14-10-16-5-8-18-14)13(9-11)17-6-1-2-7-17/h3-4,9,14,16H,1-2,5-8,10H2. The number of nitrogens with zero attached hydrogens (tertiary/aromatic N) is 1. The van der Waals surface area contributed by atoms with Gasteiger partial charge in [0.15, 0.2) is 0 Å². The van der Waals surface area contributed by atoms with Crippen molar-refractivity contribution in [1.82, 2.24) is 5.32 Å². The molecule has 1 atom stereocenters. The van der Waals surface area contributed by atoms with Crippen LogP contribution in [0.25, 0.3) is 0 Å². The maximum Gasteiger partial charge on any atom is 0.125 e. The zero-order valence-electron chi connectivity index (χ0n) is 10.5. The van der Waals surface area contributed by atoms with Crippen LogP contribution in [-0.4, -0.2) is 32.8 Å². The first-order chi connectivity index (χ1) is 8.84. The van der Waals surface area contributed by atoms with Crippen molar-refractivity contribution in [2.75, 3.05) is 37.7 Å². The SMILES string of the molecule is Fc1ccc(C2CNCCO2)c(N2CCCC2)c1. The summed E-state index contributed by atoms with van der Waals surface area (Å²) in [6, 6.07) is 5.06. The molecule has 1 unspecified atom stereocenters. The van der Waals surface area contributed by atoms with E-state index in [0.717, 1.165) is 44.0 Å². The predicted molar refractivity (Wildman–Crippen MR) is 69.4 cm³/mol. The van der Waals surface area contributed by atoms with Crippen molar-refractivity contribution in [3.05, 3.63) is 29.6 Å².